The van der Waals surface area contributed by atoms with Gasteiger partial charge in [0.2, 0.25) is 5.91 Å². The molecule has 0 radical (unpaired) electrons. The fourth-order valence-corrected chi connectivity index (χ4v) is 2.81. The number of rotatable bonds is 8. The van der Waals surface area contributed by atoms with Crippen molar-refractivity contribution in [2.45, 2.75) is 20.3 Å². The lowest BCUT2D eigenvalue weighted by Crippen LogP contribution is -2.22. The van der Waals surface area contributed by atoms with Crippen LogP contribution in [0, 0.1) is 0 Å². The first-order valence-electron chi connectivity index (χ1n) is 9.27. The number of aromatic hydroxyl groups is 1. The molecule has 0 aliphatic carbocycles. The summed E-state index contributed by atoms with van der Waals surface area (Å²) in [6, 6.07) is 8.77. The number of methoxy groups -OCH3 is 2. The van der Waals surface area contributed by atoms with Crippen LogP contribution in [-0.4, -0.2) is 31.8 Å². The normalized spacial score (nSPS) is 10.7. The number of phenolic OH excluding ortho intramolecular Hbond substituents is 1. The maximum absolute atomic E-state index is 11.5. The van der Waals surface area contributed by atoms with Crippen LogP contribution in [-0.2, 0) is 11.2 Å². The Bertz CT molecular complexity index is 929. The predicted molar refractivity (Wildman–Crippen MR) is 117 cm³/mol. The van der Waals surface area contributed by atoms with Crippen molar-refractivity contribution in [1.82, 2.24) is 0 Å². The standard InChI is InChI=1S/C23H28N2O4/c1-15(2)5-9-19-17(12-18(26)13-21(19)28-3)8-6-16-7-10-20(22(11-16)29-4)25-23(27)14-24/h5-8,10-13,26H,9,14,24H2,1-4H3,(H,25,27). The summed E-state index contributed by atoms with van der Waals surface area (Å²) in [6.45, 7) is 3.98. The maximum atomic E-state index is 11.5. The van der Waals surface area contributed by atoms with Gasteiger partial charge in [-0.15, -0.1) is 0 Å². The van der Waals surface area contributed by atoms with Gasteiger partial charge < -0.3 is 25.6 Å². The van der Waals surface area contributed by atoms with E-state index in [1.54, 1.807) is 32.4 Å². The molecular formula is C23H28N2O4. The Balaban J connectivity index is 2.39. The van der Waals surface area contributed by atoms with Gasteiger partial charge in [0.25, 0.3) is 0 Å². The molecule has 0 aliphatic rings. The molecule has 2 rings (SSSR count). The van der Waals surface area contributed by atoms with E-state index in [0.717, 1.165) is 16.7 Å². The molecule has 0 spiro atoms. The number of anilines is 1. The van der Waals surface area contributed by atoms with Crippen LogP contribution in [0.2, 0.25) is 0 Å². The highest BCUT2D eigenvalue weighted by atomic mass is 16.5. The molecule has 2 aromatic carbocycles. The Kier molecular flexibility index (Phi) is 7.86. The second-order valence-corrected chi connectivity index (χ2v) is 6.75. The molecule has 6 nitrogen and oxygen atoms in total. The average molecular weight is 396 g/mol. The van der Waals surface area contributed by atoms with Crippen LogP contribution in [0.4, 0.5) is 5.69 Å². The number of nitrogens with two attached hydrogens (primary N) is 1. The van der Waals surface area contributed by atoms with Crippen molar-refractivity contribution in [2.75, 3.05) is 26.1 Å². The minimum absolute atomic E-state index is 0.0986. The average Bonchev–Trinajstić information content (AvgIpc) is 2.71. The summed E-state index contributed by atoms with van der Waals surface area (Å²) in [6.07, 6.45) is 6.64. The van der Waals surface area contributed by atoms with Crippen LogP contribution in [0.15, 0.2) is 42.0 Å². The van der Waals surface area contributed by atoms with Gasteiger partial charge in [0, 0.05) is 11.6 Å². The van der Waals surface area contributed by atoms with Crippen molar-refractivity contribution in [2.24, 2.45) is 5.73 Å². The van der Waals surface area contributed by atoms with Crippen molar-refractivity contribution in [3.63, 3.8) is 0 Å². The molecule has 4 N–H and O–H groups in total. The lowest BCUT2D eigenvalue weighted by atomic mass is 10.00. The SMILES string of the molecule is COc1cc(C=Cc2cc(O)cc(OC)c2CC=C(C)C)ccc1NC(=O)CN. The van der Waals surface area contributed by atoms with Gasteiger partial charge in [-0.25, -0.2) is 0 Å². The Morgan fingerprint density at radius 1 is 1.10 bits per heavy atom. The fourth-order valence-electron chi connectivity index (χ4n) is 2.81. The van der Waals surface area contributed by atoms with Gasteiger partial charge in [-0.05, 0) is 49.6 Å². The number of phenols is 1. The largest absolute Gasteiger partial charge is 0.508 e. The number of ether oxygens (including phenoxy) is 2. The molecule has 1 amide bonds. The summed E-state index contributed by atoms with van der Waals surface area (Å²) in [7, 11) is 3.13. The van der Waals surface area contributed by atoms with E-state index in [1.165, 1.54) is 5.57 Å². The Morgan fingerprint density at radius 3 is 2.45 bits per heavy atom. The molecule has 6 heteroatoms. The highest BCUT2D eigenvalue weighted by Crippen LogP contribution is 2.31. The van der Waals surface area contributed by atoms with Crippen LogP contribution in [0.25, 0.3) is 12.2 Å². The third-order valence-corrected chi connectivity index (χ3v) is 4.30. The smallest absolute Gasteiger partial charge is 0.238 e. The quantitative estimate of drug-likeness (QED) is 0.463. The predicted octanol–water partition coefficient (Wildman–Crippen LogP) is 3.99. The van der Waals surface area contributed by atoms with Gasteiger partial charge in [-0.3, -0.25) is 4.79 Å². The van der Waals surface area contributed by atoms with Crippen LogP contribution < -0.4 is 20.5 Å². The summed E-state index contributed by atoms with van der Waals surface area (Å²) >= 11 is 0. The summed E-state index contributed by atoms with van der Waals surface area (Å²) in [5.74, 6) is 1.02. The molecule has 0 heterocycles. The molecule has 0 aromatic heterocycles. The van der Waals surface area contributed by atoms with Gasteiger partial charge >= 0.3 is 0 Å². The van der Waals surface area contributed by atoms with Gasteiger partial charge in [0.15, 0.2) is 0 Å². The number of nitrogens with one attached hydrogen (secondary N) is 1. The number of carbonyl (C=O) groups excluding carboxylic acids is 1. The van der Waals surface area contributed by atoms with E-state index in [4.69, 9.17) is 15.2 Å². The minimum atomic E-state index is -0.289. The molecule has 2 aromatic rings. The second kappa shape index (κ2) is 10.3. The highest BCUT2D eigenvalue weighted by molar-refractivity contribution is 5.93. The molecule has 0 bridgehead atoms. The van der Waals surface area contributed by atoms with E-state index in [2.05, 4.69) is 11.4 Å². The molecular weight excluding hydrogens is 368 g/mol. The lowest BCUT2D eigenvalue weighted by Gasteiger charge is -2.12. The van der Waals surface area contributed by atoms with Gasteiger partial charge in [-0.2, -0.15) is 0 Å². The van der Waals surface area contributed by atoms with E-state index in [1.807, 2.05) is 38.1 Å². The van der Waals surface area contributed by atoms with E-state index in [0.29, 0.717) is 23.6 Å². The first-order chi connectivity index (χ1) is 13.9. The first kappa shape index (κ1) is 22.0. The molecule has 0 saturated heterocycles. The van der Waals surface area contributed by atoms with Crippen molar-refractivity contribution < 1.29 is 19.4 Å². The molecule has 29 heavy (non-hydrogen) atoms. The van der Waals surface area contributed by atoms with Crippen molar-refractivity contribution in [1.29, 1.82) is 0 Å². The summed E-state index contributed by atoms with van der Waals surface area (Å²) in [4.78, 5) is 11.5. The van der Waals surface area contributed by atoms with E-state index < -0.39 is 0 Å². The zero-order valence-corrected chi connectivity index (χ0v) is 17.3. The zero-order chi connectivity index (χ0) is 21.4. The van der Waals surface area contributed by atoms with E-state index in [-0.39, 0.29) is 18.2 Å². The number of allylic oxidation sites excluding steroid dienone is 2. The molecule has 0 unspecified atom stereocenters. The first-order valence-corrected chi connectivity index (χ1v) is 9.27. The minimum Gasteiger partial charge on any atom is -0.508 e. The second-order valence-electron chi connectivity index (χ2n) is 6.75. The number of hydrogen-bond acceptors (Lipinski definition) is 5. The van der Waals surface area contributed by atoms with Crippen LogP contribution in [0.3, 0.4) is 0 Å². The van der Waals surface area contributed by atoms with Crippen molar-refractivity contribution >= 4 is 23.7 Å². The Labute approximate surface area is 171 Å². The molecule has 154 valence electrons. The van der Waals surface area contributed by atoms with Crippen molar-refractivity contribution in [3.05, 3.63) is 58.7 Å². The topological polar surface area (TPSA) is 93.8 Å². The number of benzene rings is 2. The number of amides is 1. The summed E-state index contributed by atoms with van der Waals surface area (Å²) < 4.78 is 10.8. The molecule has 0 aliphatic heterocycles. The molecule has 0 saturated carbocycles. The van der Waals surface area contributed by atoms with E-state index >= 15 is 0 Å². The van der Waals surface area contributed by atoms with Crippen LogP contribution in [0.5, 0.6) is 17.2 Å². The van der Waals surface area contributed by atoms with Crippen molar-refractivity contribution in [3.8, 4) is 17.2 Å². The Morgan fingerprint density at radius 2 is 1.83 bits per heavy atom. The maximum Gasteiger partial charge on any atom is 0.238 e. The van der Waals surface area contributed by atoms with E-state index in [9.17, 15) is 9.90 Å². The summed E-state index contributed by atoms with van der Waals surface area (Å²) in [5.41, 5.74) is 9.84. The third-order valence-electron chi connectivity index (χ3n) is 4.30. The zero-order valence-electron chi connectivity index (χ0n) is 17.3. The van der Waals surface area contributed by atoms with Crippen LogP contribution >= 0.6 is 0 Å². The molecule has 0 fully saturated rings. The Hall–Kier alpha value is -3.25. The van der Waals surface area contributed by atoms with Gasteiger partial charge in [0.05, 0.1) is 26.5 Å². The summed E-state index contributed by atoms with van der Waals surface area (Å²) in [5, 5.41) is 12.8. The number of carbonyl (C=O) groups is 1. The fraction of sp³-hybridized carbons (Fsp3) is 0.261. The van der Waals surface area contributed by atoms with Crippen LogP contribution in [0.1, 0.15) is 30.5 Å². The monoisotopic (exact) mass is 396 g/mol. The lowest BCUT2D eigenvalue weighted by molar-refractivity contribution is -0.114. The van der Waals surface area contributed by atoms with Gasteiger partial charge in [0.1, 0.15) is 17.2 Å². The highest BCUT2D eigenvalue weighted by Gasteiger charge is 2.10. The molecule has 0 atom stereocenters. The van der Waals surface area contributed by atoms with Gasteiger partial charge in [-0.1, -0.05) is 29.9 Å². The third kappa shape index (κ3) is 6.12. The number of hydrogen-bond donors (Lipinski definition) is 3.